The number of Topliss-reactive ketones (excluding diaryl/α,β-unsaturated/α-hetero) is 1. The van der Waals surface area contributed by atoms with E-state index in [0.29, 0.717) is 0 Å². The third kappa shape index (κ3) is 2.83. The van der Waals surface area contributed by atoms with E-state index in [4.69, 9.17) is 9.94 Å². The highest BCUT2D eigenvalue weighted by Crippen LogP contribution is 2.05. The van der Waals surface area contributed by atoms with Crippen LogP contribution in [0.1, 0.15) is 12.8 Å². The minimum atomic E-state index is -1.01. The smallest absolute Gasteiger partial charge is 0.305 e. The number of ketones is 1. The van der Waals surface area contributed by atoms with Crippen LogP contribution in [0.15, 0.2) is 0 Å². The second-order valence-electron chi connectivity index (χ2n) is 2.63. The highest BCUT2D eigenvalue weighted by atomic mass is 16.7. The Kier molecular flexibility index (Phi) is 2.97. The van der Waals surface area contributed by atoms with Crippen LogP contribution in [0.3, 0.4) is 0 Å². The first-order valence-electron chi connectivity index (χ1n) is 3.76. The van der Waals surface area contributed by atoms with E-state index in [0.717, 1.165) is 5.06 Å². The molecule has 0 aromatic carbocycles. The Morgan fingerprint density at radius 2 is 2.23 bits per heavy atom. The van der Waals surface area contributed by atoms with Gasteiger partial charge in [0.2, 0.25) is 0 Å². The quantitative estimate of drug-likeness (QED) is 0.584. The van der Waals surface area contributed by atoms with Gasteiger partial charge in [0.05, 0.1) is 19.4 Å². The van der Waals surface area contributed by atoms with Crippen molar-refractivity contribution in [3.05, 3.63) is 0 Å². The zero-order chi connectivity index (χ0) is 9.84. The lowest BCUT2D eigenvalue weighted by Crippen LogP contribution is -2.40. The largest absolute Gasteiger partial charge is 0.481 e. The monoisotopic (exact) mass is 187 g/mol. The summed E-state index contributed by atoms with van der Waals surface area (Å²) in [5.74, 6) is -1.76. The van der Waals surface area contributed by atoms with Gasteiger partial charge >= 0.3 is 5.97 Å². The number of amides is 1. The van der Waals surface area contributed by atoms with Crippen LogP contribution in [-0.4, -0.2) is 41.0 Å². The Balaban J connectivity index is 2.38. The lowest BCUT2D eigenvalue weighted by atomic mass is 10.2. The van der Waals surface area contributed by atoms with Crippen LogP contribution in [0, 0.1) is 0 Å². The number of carboxylic acid groups (broad SMARTS) is 1. The predicted molar refractivity (Wildman–Crippen MR) is 39.5 cm³/mol. The minimum absolute atomic E-state index is 0.0125. The summed E-state index contributed by atoms with van der Waals surface area (Å²) in [6.45, 7) is -0.160. The fourth-order valence-corrected chi connectivity index (χ4v) is 0.916. The fourth-order valence-electron chi connectivity index (χ4n) is 0.916. The topological polar surface area (TPSA) is 83.9 Å². The van der Waals surface area contributed by atoms with Gasteiger partial charge in [-0.1, -0.05) is 0 Å². The number of hydrogen-bond donors (Lipinski definition) is 1. The lowest BCUT2D eigenvalue weighted by Gasteiger charge is -2.24. The summed E-state index contributed by atoms with van der Waals surface area (Å²) in [5.41, 5.74) is 0. The summed E-state index contributed by atoms with van der Waals surface area (Å²) in [6, 6.07) is 0. The van der Waals surface area contributed by atoms with Gasteiger partial charge in [0, 0.05) is 0 Å². The first-order chi connectivity index (χ1) is 6.09. The van der Waals surface area contributed by atoms with Gasteiger partial charge in [-0.25, -0.2) is 5.06 Å². The van der Waals surface area contributed by atoms with E-state index in [1.54, 1.807) is 0 Å². The summed E-state index contributed by atoms with van der Waals surface area (Å²) in [6.07, 6.45) is -0.375. The third-order valence-corrected chi connectivity index (χ3v) is 1.54. The van der Waals surface area contributed by atoms with Crippen LogP contribution in [-0.2, 0) is 19.2 Å². The van der Waals surface area contributed by atoms with Gasteiger partial charge in [-0.15, -0.1) is 0 Å². The number of carbonyl (C=O) groups is 3. The van der Waals surface area contributed by atoms with E-state index in [1.807, 2.05) is 0 Å². The van der Waals surface area contributed by atoms with Gasteiger partial charge in [0.15, 0.2) is 5.78 Å². The molecule has 0 radical (unpaired) electrons. The van der Waals surface area contributed by atoms with Crippen LogP contribution in [0.5, 0.6) is 0 Å². The molecule has 0 atom stereocenters. The van der Waals surface area contributed by atoms with E-state index in [-0.39, 0.29) is 31.8 Å². The number of hydrogen-bond acceptors (Lipinski definition) is 4. The Morgan fingerprint density at radius 1 is 1.54 bits per heavy atom. The van der Waals surface area contributed by atoms with E-state index >= 15 is 0 Å². The molecule has 0 aliphatic carbocycles. The maximum atomic E-state index is 11.0. The van der Waals surface area contributed by atoms with Crippen molar-refractivity contribution in [2.75, 3.05) is 13.2 Å². The van der Waals surface area contributed by atoms with E-state index < -0.39 is 11.9 Å². The summed E-state index contributed by atoms with van der Waals surface area (Å²) >= 11 is 0. The molecule has 1 fully saturated rings. The molecule has 13 heavy (non-hydrogen) atoms. The van der Waals surface area contributed by atoms with Crippen LogP contribution in [0.2, 0.25) is 0 Å². The van der Waals surface area contributed by atoms with Gasteiger partial charge in [-0.2, -0.15) is 0 Å². The van der Waals surface area contributed by atoms with Gasteiger partial charge < -0.3 is 5.11 Å². The molecule has 0 saturated carbocycles. The zero-order valence-corrected chi connectivity index (χ0v) is 6.86. The van der Waals surface area contributed by atoms with Crippen molar-refractivity contribution < 1.29 is 24.3 Å². The van der Waals surface area contributed by atoms with E-state index in [1.165, 1.54) is 0 Å². The van der Waals surface area contributed by atoms with Crippen molar-refractivity contribution in [1.82, 2.24) is 5.06 Å². The van der Waals surface area contributed by atoms with Crippen LogP contribution >= 0.6 is 0 Å². The molecule has 0 aromatic rings. The van der Waals surface area contributed by atoms with Gasteiger partial charge in [0.1, 0.15) is 6.61 Å². The van der Waals surface area contributed by atoms with Crippen LogP contribution in [0.25, 0.3) is 0 Å². The predicted octanol–water partition coefficient (Wildman–Crippen LogP) is -0.806. The molecule has 1 amide bonds. The molecule has 1 aliphatic rings. The molecule has 1 aliphatic heterocycles. The number of rotatable bonds is 3. The Labute approximate surface area is 74.0 Å². The second kappa shape index (κ2) is 3.99. The Bertz CT molecular complexity index is 249. The molecule has 0 unspecified atom stereocenters. The number of nitrogens with zero attached hydrogens (tertiary/aromatic N) is 1. The first kappa shape index (κ1) is 9.66. The van der Waals surface area contributed by atoms with Gasteiger partial charge in [-0.05, 0) is 0 Å². The molecule has 0 spiro atoms. The molecular formula is C7H9NO5. The van der Waals surface area contributed by atoms with Crippen molar-refractivity contribution in [3.63, 3.8) is 0 Å². The van der Waals surface area contributed by atoms with Gasteiger partial charge in [0.25, 0.3) is 5.91 Å². The Hall–Kier alpha value is -1.43. The average molecular weight is 187 g/mol. The number of carbonyl (C=O) groups excluding carboxylic acids is 2. The summed E-state index contributed by atoms with van der Waals surface area (Å²) in [5, 5.41) is 9.25. The molecular weight excluding hydrogens is 178 g/mol. The van der Waals surface area contributed by atoms with Crippen molar-refractivity contribution in [2.45, 2.75) is 12.8 Å². The Morgan fingerprint density at radius 3 is 2.77 bits per heavy atom. The molecule has 0 aromatic heterocycles. The summed E-state index contributed by atoms with van der Waals surface area (Å²) in [4.78, 5) is 36.5. The molecule has 6 heteroatoms. The maximum Gasteiger partial charge on any atom is 0.305 e. The van der Waals surface area contributed by atoms with E-state index in [9.17, 15) is 14.4 Å². The van der Waals surface area contributed by atoms with Gasteiger partial charge in [-0.3, -0.25) is 19.2 Å². The van der Waals surface area contributed by atoms with Crippen LogP contribution in [0.4, 0.5) is 0 Å². The summed E-state index contributed by atoms with van der Waals surface area (Å²) in [7, 11) is 0. The molecule has 0 bridgehead atoms. The number of aliphatic carboxylic acids is 1. The van der Waals surface area contributed by atoms with Crippen molar-refractivity contribution >= 4 is 17.7 Å². The number of hydroxylamine groups is 2. The van der Waals surface area contributed by atoms with Crippen molar-refractivity contribution in [3.8, 4) is 0 Å². The fraction of sp³-hybridized carbons (Fsp3) is 0.571. The second-order valence-corrected chi connectivity index (χ2v) is 2.63. The summed E-state index contributed by atoms with van der Waals surface area (Å²) < 4.78 is 0. The highest BCUT2D eigenvalue weighted by Gasteiger charge is 2.24. The maximum absolute atomic E-state index is 11.0. The highest BCUT2D eigenvalue weighted by molar-refractivity contribution is 5.99. The van der Waals surface area contributed by atoms with Crippen molar-refractivity contribution in [2.24, 2.45) is 0 Å². The molecule has 1 heterocycles. The van der Waals surface area contributed by atoms with E-state index in [2.05, 4.69) is 0 Å². The first-order valence-corrected chi connectivity index (χ1v) is 3.76. The lowest BCUT2D eigenvalue weighted by molar-refractivity contribution is -0.198. The minimum Gasteiger partial charge on any atom is -0.481 e. The average Bonchev–Trinajstić information content (AvgIpc) is 2.02. The van der Waals surface area contributed by atoms with Crippen molar-refractivity contribution in [1.29, 1.82) is 0 Å². The third-order valence-electron chi connectivity index (χ3n) is 1.54. The standard InChI is InChI=1S/C7H9NO5/c9-5-3-6(10)8(13-4-5)2-1-7(11)12/h1-4H2,(H,11,12). The molecule has 1 rings (SSSR count). The number of carboxylic acids is 1. The SMILES string of the molecule is O=C(O)CCN1OCC(=O)CC1=O. The molecule has 72 valence electrons. The normalized spacial score (nSPS) is 17.7. The zero-order valence-electron chi connectivity index (χ0n) is 6.86. The molecule has 6 nitrogen and oxygen atoms in total. The molecule has 1 N–H and O–H groups in total. The van der Waals surface area contributed by atoms with Crippen LogP contribution < -0.4 is 0 Å². The molecule has 1 saturated heterocycles.